The minimum Gasteiger partial charge on any atom is -0.465 e. The molecule has 0 radical (unpaired) electrons. The number of esters is 3. The number of aliphatic hydroxyl groups is 6. The first-order valence-electron chi connectivity index (χ1n) is 29.7. The van der Waals surface area contributed by atoms with Gasteiger partial charge in [0.25, 0.3) is 0 Å². The zero-order valence-corrected chi connectivity index (χ0v) is 47.1. The summed E-state index contributed by atoms with van der Waals surface area (Å²) >= 11 is 0. The quantitative estimate of drug-likeness (QED) is 0.0110. The molecular formula is C60H114O13. The van der Waals surface area contributed by atoms with E-state index in [4.69, 9.17) is 49.6 Å². The summed E-state index contributed by atoms with van der Waals surface area (Å²) in [6.45, 7) is 7.67. The Morgan fingerprint density at radius 3 is 0.849 bits per heavy atom. The van der Waals surface area contributed by atoms with Crippen molar-refractivity contribution < 1.29 is 64.0 Å². The van der Waals surface area contributed by atoms with Crippen LogP contribution in [0.15, 0.2) is 24.3 Å². The number of epoxide rings is 1. The molecule has 0 amide bonds. The van der Waals surface area contributed by atoms with Gasteiger partial charge in [-0.05, 0) is 103 Å². The lowest BCUT2D eigenvalue weighted by Crippen LogP contribution is -2.14. The highest BCUT2D eigenvalue weighted by atomic mass is 16.6. The molecule has 1 rings (SSSR count). The Morgan fingerprint density at radius 2 is 0.589 bits per heavy atom. The SMILES string of the molecule is CC(CO)COC(=O)CCCCCCC/C=C/CCCCCCO.CC(CO)COC(=O)CCCCCCC/C=C\CCCCCCO.CC(CO)COC(=O)CCCCCCCC1OC1CCCCCCO. The van der Waals surface area contributed by atoms with E-state index in [0.29, 0.717) is 71.1 Å². The molecule has 0 aromatic carbocycles. The molecule has 5 unspecified atom stereocenters. The average Bonchev–Trinajstić information content (AvgIpc) is 4.16. The van der Waals surface area contributed by atoms with Crippen molar-refractivity contribution in [1.29, 1.82) is 0 Å². The number of hydrogen-bond donors (Lipinski definition) is 6. The van der Waals surface area contributed by atoms with Crippen LogP contribution < -0.4 is 0 Å². The van der Waals surface area contributed by atoms with Gasteiger partial charge in [-0.3, -0.25) is 14.4 Å². The number of rotatable bonds is 51. The van der Waals surface area contributed by atoms with Crippen molar-refractivity contribution >= 4 is 17.9 Å². The van der Waals surface area contributed by atoms with Gasteiger partial charge in [0.05, 0.1) is 32.0 Å². The first-order chi connectivity index (χ1) is 35.6. The molecule has 5 atom stereocenters. The second kappa shape index (κ2) is 58.9. The molecule has 0 bridgehead atoms. The van der Waals surface area contributed by atoms with E-state index in [1.807, 2.05) is 20.8 Å². The maximum atomic E-state index is 11.5. The van der Waals surface area contributed by atoms with Crippen LogP contribution in [-0.2, 0) is 33.3 Å². The fourth-order valence-corrected chi connectivity index (χ4v) is 7.77. The van der Waals surface area contributed by atoms with Crippen LogP contribution in [0.1, 0.15) is 252 Å². The predicted molar refractivity (Wildman–Crippen MR) is 296 cm³/mol. The molecule has 0 aliphatic carbocycles. The fourth-order valence-electron chi connectivity index (χ4n) is 7.77. The molecule has 1 saturated heterocycles. The third kappa shape index (κ3) is 58.7. The van der Waals surface area contributed by atoms with E-state index in [0.717, 1.165) is 103 Å². The molecule has 6 N–H and O–H groups in total. The van der Waals surface area contributed by atoms with Gasteiger partial charge in [0, 0.05) is 76.7 Å². The Kier molecular flexibility index (Phi) is 58.6. The van der Waals surface area contributed by atoms with Crippen molar-refractivity contribution in [2.75, 3.05) is 59.5 Å². The summed E-state index contributed by atoms with van der Waals surface area (Å²) in [6.07, 6.45) is 48.8. The van der Waals surface area contributed by atoms with Crippen LogP contribution in [0.4, 0.5) is 0 Å². The summed E-state index contributed by atoms with van der Waals surface area (Å²) < 4.78 is 21.0. The third-order valence-electron chi connectivity index (χ3n) is 12.9. The van der Waals surface area contributed by atoms with Gasteiger partial charge in [-0.15, -0.1) is 0 Å². The van der Waals surface area contributed by atoms with Crippen LogP contribution in [0, 0.1) is 17.8 Å². The number of carbonyl (C=O) groups is 3. The summed E-state index contributed by atoms with van der Waals surface area (Å²) in [5.41, 5.74) is 0. The first-order valence-corrected chi connectivity index (χ1v) is 29.7. The van der Waals surface area contributed by atoms with Crippen molar-refractivity contribution in [2.45, 2.75) is 264 Å². The normalized spacial score (nSPS) is 15.3. The first kappa shape index (κ1) is 72.7. The Bertz CT molecular complexity index is 1170. The summed E-state index contributed by atoms with van der Waals surface area (Å²) in [6, 6.07) is 0. The average molecular weight is 1040 g/mol. The Morgan fingerprint density at radius 1 is 0.356 bits per heavy atom. The molecule has 0 saturated carbocycles. The monoisotopic (exact) mass is 1040 g/mol. The maximum absolute atomic E-state index is 11.5. The van der Waals surface area contributed by atoms with Crippen molar-refractivity contribution in [2.24, 2.45) is 17.8 Å². The molecule has 1 aliphatic rings. The number of carbonyl (C=O) groups excluding carboxylic acids is 3. The zero-order chi connectivity index (χ0) is 54.1. The highest BCUT2D eigenvalue weighted by molar-refractivity contribution is 5.69. The molecule has 1 fully saturated rings. The minimum absolute atomic E-state index is 0.0259. The third-order valence-corrected chi connectivity index (χ3v) is 12.9. The summed E-state index contributed by atoms with van der Waals surface area (Å²) in [7, 11) is 0. The van der Waals surface area contributed by atoms with Gasteiger partial charge in [-0.25, -0.2) is 0 Å². The molecule has 0 aromatic rings. The van der Waals surface area contributed by atoms with Crippen molar-refractivity contribution in [3.05, 3.63) is 24.3 Å². The highest BCUT2D eigenvalue weighted by Crippen LogP contribution is 2.32. The van der Waals surface area contributed by atoms with E-state index < -0.39 is 0 Å². The molecule has 0 aromatic heterocycles. The van der Waals surface area contributed by atoms with Crippen LogP contribution in [-0.4, -0.2) is 120 Å². The smallest absolute Gasteiger partial charge is 0.305 e. The largest absolute Gasteiger partial charge is 0.465 e. The van der Waals surface area contributed by atoms with Gasteiger partial charge in [-0.1, -0.05) is 154 Å². The summed E-state index contributed by atoms with van der Waals surface area (Å²) in [5.74, 6) is -0.342. The van der Waals surface area contributed by atoms with Crippen molar-refractivity contribution in [3.8, 4) is 0 Å². The molecule has 13 heteroatoms. The van der Waals surface area contributed by atoms with E-state index in [1.165, 1.54) is 109 Å². The summed E-state index contributed by atoms with van der Waals surface area (Å²) in [5, 5.41) is 52.7. The fraction of sp³-hybridized carbons (Fsp3) is 0.883. The lowest BCUT2D eigenvalue weighted by atomic mass is 10.0. The van der Waals surface area contributed by atoms with Crippen molar-refractivity contribution in [3.63, 3.8) is 0 Å². The second-order valence-corrected chi connectivity index (χ2v) is 20.8. The summed E-state index contributed by atoms with van der Waals surface area (Å²) in [4.78, 5) is 34.4. The Labute approximate surface area is 446 Å². The Hall–Kier alpha value is -2.39. The minimum atomic E-state index is -0.145. The predicted octanol–water partition coefficient (Wildman–Crippen LogP) is 12.4. The molecule has 13 nitrogen and oxygen atoms in total. The molecule has 1 aliphatic heterocycles. The number of aliphatic hydroxyl groups excluding tert-OH is 6. The van der Waals surface area contributed by atoms with Crippen molar-refractivity contribution in [1.82, 2.24) is 0 Å². The van der Waals surface area contributed by atoms with Crippen LogP contribution in [0.25, 0.3) is 0 Å². The van der Waals surface area contributed by atoms with Gasteiger partial charge >= 0.3 is 17.9 Å². The van der Waals surface area contributed by atoms with E-state index in [9.17, 15) is 14.4 Å². The van der Waals surface area contributed by atoms with E-state index in [2.05, 4.69) is 24.3 Å². The van der Waals surface area contributed by atoms with Crippen LogP contribution in [0.3, 0.4) is 0 Å². The van der Waals surface area contributed by atoms with Crippen LogP contribution in [0.2, 0.25) is 0 Å². The van der Waals surface area contributed by atoms with Crippen LogP contribution in [0.5, 0.6) is 0 Å². The van der Waals surface area contributed by atoms with Gasteiger partial charge in [0.2, 0.25) is 0 Å². The number of ether oxygens (including phenoxy) is 4. The van der Waals surface area contributed by atoms with E-state index in [-0.39, 0.29) is 55.5 Å². The second-order valence-electron chi connectivity index (χ2n) is 20.8. The lowest BCUT2D eigenvalue weighted by molar-refractivity contribution is -0.146. The molecule has 432 valence electrons. The maximum Gasteiger partial charge on any atom is 0.305 e. The van der Waals surface area contributed by atoms with E-state index >= 15 is 0 Å². The number of hydrogen-bond acceptors (Lipinski definition) is 13. The van der Waals surface area contributed by atoms with Gasteiger partial charge < -0.3 is 49.6 Å². The lowest BCUT2D eigenvalue weighted by Gasteiger charge is -2.08. The Balaban J connectivity index is 0. The number of unbranched alkanes of at least 4 members (excludes halogenated alkanes) is 25. The van der Waals surface area contributed by atoms with E-state index in [1.54, 1.807) is 0 Å². The zero-order valence-electron chi connectivity index (χ0n) is 47.1. The van der Waals surface area contributed by atoms with Gasteiger partial charge in [-0.2, -0.15) is 0 Å². The molecular weight excluding hydrogens is 929 g/mol. The molecule has 73 heavy (non-hydrogen) atoms. The molecule has 0 spiro atoms. The highest BCUT2D eigenvalue weighted by Gasteiger charge is 2.36. The molecule has 1 heterocycles. The van der Waals surface area contributed by atoms with Gasteiger partial charge in [0.15, 0.2) is 0 Å². The van der Waals surface area contributed by atoms with Crippen LogP contribution >= 0.6 is 0 Å². The standard InChI is InChI=1S/C20H38O5.2C20H38O4/c1-17(15-22)16-24-20(23)13-9-4-2-3-7-11-18-19(25-18)12-8-5-6-10-14-21;2*1-19(17-22)18-24-20(23)15-13-11-9-7-5-3-2-4-6-8-10-12-14-16-21/h17-19,21-22H,2-16H2,1H3;2*2,4,19,21-22H,3,5-18H2,1H3/b;4-2+;4-2-. The van der Waals surface area contributed by atoms with Gasteiger partial charge in [0.1, 0.15) is 0 Å². The topological polar surface area (TPSA) is 213 Å². The number of allylic oxidation sites excluding steroid dienone is 4.